The molecule has 6 rings (SSSR count). The van der Waals surface area contributed by atoms with Crippen molar-refractivity contribution in [2.24, 2.45) is 0 Å². The Morgan fingerprint density at radius 1 is 1.22 bits per heavy atom. The lowest BCUT2D eigenvalue weighted by Crippen LogP contribution is -2.62. The number of rotatable bonds is 6. The largest absolute Gasteiger partial charge is 0.379 e. The summed E-state index contributed by atoms with van der Waals surface area (Å²) < 4.78 is 22.3. The smallest absolute Gasteiger partial charge is 0.241 e. The summed E-state index contributed by atoms with van der Waals surface area (Å²) in [6.07, 6.45) is 2.42. The maximum atomic E-state index is 14.2. The number of hydrogen-bond donors (Lipinski definition) is 1. The third-order valence-corrected chi connectivity index (χ3v) is 9.45. The van der Waals surface area contributed by atoms with Gasteiger partial charge in [0.2, 0.25) is 5.91 Å². The molecule has 1 N–H and O–H groups in total. The van der Waals surface area contributed by atoms with Crippen molar-refractivity contribution in [1.29, 1.82) is 0 Å². The lowest BCUT2D eigenvalue weighted by Gasteiger charge is -2.43. The molecule has 0 spiro atoms. The topological polar surface area (TPSA) is 65.4 Å². The molecular formula is C31H40BrFN6O2. The van der Waals surface area contributed by atoms with Crippen molar-refractivity contribution in [2.45, 2.75) is 57.7 Å². The summed E-state index contributed by atoms with van der Waals surface area (Å²) in [4.78, 5) is 25.8. The Hall–Kier alpha value is -2.37. The molecule has 2 aromatic heterocycles. The standard InChI is InChI=1S/C31H40BrFN6O2/c1-20-15-37(25(13-34-20)16-36-9-10-41-18-21(36)2)17-28(40)38-19-31(3,4)29-26(38)12-23(30-35-14-27(32)39(29)30)11-22-5-7-24(33)8-6-22/h5-8,12,14,20-21,25,34H,9-11,13,15-19H2,1-4H3/t20-,21-,25-/m1/s1. The Labute approximate surface area is 250 Å². The number of piperazine rings is 1. The number of morpholine rings is 1. The first-order valence-electron chi connectivity index (χ1n) is 14.6. The number of benzene rings is 1. The van der Waals surface area contributed by atoms with Crippen LogP contribution in [0.4, 0.5) is 10.1 Å². The summed E-state index contributed by atoms with van der Waals surface area (Å²) in [7, 11) is 0. The lowest BCUT2D eigenvalue weighted by atomic mass is 9.90. The Kier molecular flexibility index (Phi) is 7.97. The normalized spacial score (nSPS) is 25.1. The van der Waals surface area contributed by atoms with E-state index in [1.807, 2.05) is 23.2 Å². The molecule has 1 amide bonds. The van der Waals surface area contributed by atoms with Crippen molar-refractivity contribution in [2.75, 3.05) is 57.4 Å². The third-order valence-electron chi connectivity index (χ3n) is 8.89. The SMILES string of the molecule is C[C@@H]1CN(CC(=O)N2CC(C)(C)c3c2cc(Cc2ccc(F)cc2)c2ncc(Br)n32)[C@@H](CN2CCOC[C@H]2C)CN1. The molecule has 1 aromatic carbocycles. The number of carbonyl (C=O) groups excluding carboxylic acids is 1. The van der Waals surface area contributed by atoms with Crippen LogP contribution >= 0.6 is 15.9 Å². The van der Waals surface area contributed by atoms with Gasteiger partial charge in [-0.15, -0.1) is 0 Å². The molecule has 3 aliphatic rings. The van der Waals surface area contributed by atoms with Crippen molar-refractivity contribution in [3.63, 3.8) is 0 Å². The zero-order valence-corrected chi connectivity index (χ0v) is 26.0. The molecule has 2 fully saturated rings. The molecule has 3 aliphatic heterocycles. The van der Waals surface area contributed by atoms with E-state index < -0.39 is 0 Å². The van der Waals surface area contributed by atoms with Crippen molar-refractivity contribution >= 4 is 33.2 Å². The first-order valence-corrected chi connectivity index (χ1v) is 15.4. The second kappa shape index (κ2) is 11.4. The Balaban J connectivity index is 1.30. The van der Waals surface area contributed by atoms with Gasteiger partial charge in [0, 0.05) is 68.2 Å². The average molecular weight is 628 g/mol. The highest BCUT2D eigenvalue weighted by atomic mass is 79.9. The van der Waals surface area contributed by atoms with Crippen LogP contribution in [-0.2, 0) is 21.4 Å². The van der Waals surface area contributed by atoms with E-state index in [1.54, 1.807) is 0 Å². The average Bonchev–Trinajstić information content (AvgIpc) is 3.44. The number of nitrogens with zero attached hydrogens (tertiary/aromatic N) is 5. The van der Waals surface area contributed by atoms with Gasteiger partial charge in [0.25, 0.3) is 0 Å². The van der Waals surface area contributed by atoms with Crippen LogP contribution in [0.25, 0.3) is 5.65 Å². The fourth-order valence-electron chi connectivity index (χ4n) is 6.74. The second-order valence-corrected chi connectivity index (χ2v) is 13.4. The predicted molar refractivity (Wildman–Crippen MR) is 162 cm³/mol. The summed E-state index contributed by atoms with van der Waals surface area (Å²) in [6.45, 7) is 14.8. The number of amides is 1. The van der Waals surface area contributed by atoms with Gasteiger partial charge in [-0.25, -0.2) is 9.37 Å². The van der Waals surface area contributed by atoms with E-state index in [1.165, 1.54) is 12.1 Å². The maximum absolute atomic E-state index is 14.2. The summed E-state index contributed by atoms with van der Waals surface area (Å²) in [5.41, 5.74) is 4.62. The van der Waals surface area contributed by atoms with Gasteiger partial charge in [0.15, 0.2) is 0 Å². The van der Waals surface area contributed by atoms with Gasteiger partial charge >= 0.3 is 0 Å². The van der Waals surface area contributed by atoms with Crippen LogP contribution in [0.3, 0.4) is 0 Å². The number of nitrogens with one attached hydrogen (secondary N) is 1. The minimum atomic E-state index is -0.264. The minimum Gasteiger partial charge on any atom is -0.379 e. The van der Waals surface area contributed by atoms with E-state index >= 15 is 0 Å². The lowest BCUT2D eigenvalue weighted by molar-refractivity contribution is -0.121. The predicted octanol–water partition coefficient (Wildman–Crippen LogP) is 3.83. The van der Waals surface area contributed by atoms with Crippen molar-refractivity contribution in [3.05, 3.63) is 63.8 Å². The van der Waals surface area contributed by atoms with Gasteiger partial charge in [0.05, 0.1) is 37.3 Å². The molecule has 10 heteroatoms. The van der Waals surface area contributed by atoms with Crippen LogP contribution in [0.2, 0.25) is 0 Å². The summed E-state index contributed by atoms with van der Waals surface area (Å²) in [6, 6.07) is 9.69. The number of halogens is 2. The zero-order valence-electron chi connectivity index (χ0n) is 24.4. The van der Waals surface area contributed by atoms with Crippen LogP contribution in [0.15, 0.2) is 41.1 Å². The van der Waals surface area contributed by atoms with E-state index in [-0.39, 0.29) is 23.2 Å². The highest BCUT2D eigenvalue weighted by Gasteiger charge is 2.42. The van der Waals surface area contributed by atoms with Crippen LogP contribution in [0, 0.1) is 5.82 Å². The Morgan fingerprint density at radius 3 is 2.76 bits per heavy atom. The molecule has 0 saturated carbocycles. The number of fused-ring (bicyclic) bond motifs is 3. The molecule has 0 radical (unpaired) electrons. The van der Waals surface area contributed by atoms with Gasteiger partial charge in [-0.2, -0.15) is 0 Å². The molecule has 2 saturated heterocycles. The van der Waals surface area contributed by atoms with E-state index in [2.05, 4.69) is 69.2 Å². The third kappa shape index (κ3) is 5.69. The molecule has 5 heterocycles. The van der Waals surface area contributed by atoms with Gasteiger partial charge in [-0.1, -0.05) is 26.0 Å². The molecule has 0 aliphatic carbocycles. The van der Waals surface area contributed by atoms with E-state index in [9.17, 15) is 9.18 Å². The van der Waals surface area contributed by atoms with Gasteiger partial charge in [-0.05, 0) is 53.5 Å². The molecule has 0 bridgehead atoms. The number of imidazole rings is 1. The van der Waals surface area contributed by atoms with Crippen LogP contribution < -0.4 is 10.2 Å². The number of carbonyl (C=O) groups is 1. The number of aromatic nitrogens is 2. The Bertz CT molecular complexity index is 1430. The molecule has 41 heavy (non-hydrogen) atoms. The summed E-state index contributed by atoms with van der Waals surface area (Å²) in [5.74, 6) is -0.132. The molecular weight excluding hydrogens is 587 g/mol. The van der Waals surface area contributed by atoms with Crippen molar-refractivity contribution in [1.82, 2.24) is 24.5 Å². The zero-order chi connectivity index (χ0) is 28.9. The van der Waals surface area contributed by atoms with Gasteiger partial charge in [-0.3, -0.25) is 19.0 Å². The highest BCUT2D eigenvalue weighted by molar-refractivity contribution is 9.10. The first-order chi connectivity index (χ1) is 19.6. The summed E-state index contributed by atoms with van der Waals surface area (Å²) >= 11 is 3.72. The molecule has 3 atom stereocenters. The quantitative estimate of drug-likeness (QED) is 0.449. The van der Waals surface area contributed by atoms with E-state index in [0.717, 1.165) is 72.2 Å². The van der Waals surface area contributed by atoms with Crippen molar-refractivity contribution < 1.29 is 13.9 Å². The molecule has 8 nitrogen and oxygen atoms in total. The Morgan fingerprint density at radius 2 is 2.00 bits per heavy atom. The number of ether oxygens (including phenoxy) is 1. The van der Waals surface area contributed by atoms with Crippen LogP contribution in [0.1, 0.15) is 44.5 Å². The number of hydrogen-bond acceptors (Lipinski definition) is 6. The van der Waals surface area contributed by atoms with Gasteiger partial charge < -0.3 is 15.0 Å². The molecule has 220 valence electrons. The first kappa shape index (κ1) is 28.7. The van der Waals surface area contributed by atoms with Crippen LogP contribution in [0.5, 0.6) is 0 Å². The highest BCUT2D eigenvalue weighted by Crippen LogP contribution is 2.43. The molecule has 0 unspecified atom stereocenters. The van der Waals surface area contributed by atoms with Crippen LogP contribution in [-0.4, -0.2) is 95.7 Å². The fourth-order valence-corrected chi connectivity index (χ4v) is 7.18. The van der Waals surface area contributed by atoms with Crippen molar-refractivity contribution in [3.8, 4) is 0 Å². The summed E-state index contributed by atoms with van der Waals surface area (Å²) in [5, 5.41) is 3.63. The molecule has 3 aromatic rings. The monoisotopic (exact) mass is 626 g/mol. The van der Waals surface area contributed by atoms with E-state index in [0.29, 0.717) is 31.6 Å². The van der Waals surface area contributed by atoms with Gasteiger partial charge in [0.1, 0.15) is 16.1 Å². The minimum absolute atomic E-state index is 0.120. The number of anilines is 1. The van der Waals surface area contributed by atoms with E-state index in [4.69, 9.17) is 9.72 Å². The maximum Gasteiger partial charge on any atom is 0.241 e. The second-order valence-electron chi connectivity index (χ2n) is 12.6. The fraction of sp³-hybridized carbons (Fsp3) is 0.548. The number of pyridine rings is 1.